The first-order valence-electron chi connectivity index (χ1n) is 9.09. The second-order valence-electron chi connectivity index (χ2n) is 6.48. The zero-order chi connectivity index (χ0) is 20.5. The number of benzene rings is 1. The van der Waals surface area contributed by atoms with E-state index in [-0.39, 0.29) is 16.6 Å². The van der Waals surface area contributed by atoms with E-state index >= 15 is 0 Å². The van der Waals surface area contributed by atoms with Crippen molar-refractivity contribution in [3.05, 3.63) is 23.8 Å². The number of hydrogen-bond acceptors (Lipinski definition) is 8. The standard InChI is InChI=1S/C18H24N4O5S/c1-5-7-13-15-16(22(3)21-13)18(23)20-17(19-15)12-10-11(28(24,25)26-4)8-9-14(12)27-6-2/h8-10,15-16H,5-7H2,1-4H3,(H,19,20,23). The van der Waals surface area contributed by atoms with Gasteiger partial charge < -0.3 is 10.1 Å². The minimum absolute atomic E-state index is 0.0430. The van der Waals surface area contributed by atoms with Gasteiger partial charge in [0.25, 0.3) is 16.0 Å². The number of likely N-dealkylation sites (N-methyl/N-ethyl adjacent to an activating group) is 1. The molecule has 3 rings (SSSR count). The van der Waals surface area contributed by atoms with E-state index in [4.69, 9.17) is 9.73 Å². The van der Waals surface area contributed by atoms with Crippen molar-refractivity contribution in [2.45, 2.75) is 43.7 Å². The molecule has 10 heteroatoms. The van der Waals surface area contributed by atoms with Gasteiger partial charge in [-0.05, 0) is 31.5 Å². The second-order valence-corrected chi connectivity index (χ2v) is 8.20. The number of hydrogen-bond donors (Lipinski definition) is 1. The molecule has 1 amide bonds. The first-order valence-corrected chi connectivity index (χ1v) is 10.5. The van der Waals surface area contributed by atoms with Gasteiger partial charge in [0.15, 0.2) is 6.04 Å². The third-order valence-corrected chi connectivity index (χ3v) is 5.90. The Labute approximate surface area is 164 Å². The van der Waals surface area contributed by atoms with Gasteiger partial charge in [-0.2, -0.15) is 13.5 Å². The molecule has 0 bridgehead atoms. The quantitative estimate of drug-likeness (QED) is 0.678. The fourth-order valence-corrected chi connectivity index (χ4v) is 4.04. The van der Waals surface area contributed by atoms with E-state index < -0.39 is 22.2 Å². The molecule has 0 fully saturated rings. The Morgan fingerprint density at radius 1 is 1.29 bits per heavy atom. The lowest BCUT2D eigenvalue weighted by molar-refractivity contribution is -0.124. The van der Waals surface area contributed by atoms with Gasteiger partial charge in [0.2, 0.25) is 0 Å². The number of aliphatic imine (C=N–C) groups is 1. The van der Waals surface area contributed by atoms with Crippen molar-refractivity contribution in [2.24, 2.45) is 10.1 Å². The van der Waals surface area contributed by atoms with E-state index in [0.29, 0.717) is 17.9 Å². The zero-order valence-electron chi connectivity index (χ0n) is 16.3. The molecule has 0 radical (unpaired) electrons. The molecular formula is C18H24N4O5S. The Kier molecular flexibility index (Phi) is 5.71. The maximum atomic E-state index is 12.7. The number of rotatable bonds is 7. The molecule has 2 atom stereocenters. The van der Waals surface area contributed by atoms with Crippen LogP contribution in [0.5, 0.6) is 5.75 Å². The molecule has 2 heterocycles. The Morgan fingerprint density at radius 3 is 2.68 bits per heavy atom. The van der Waals surface area contributed by atoms with E-state index in [2.05, 4.69) is 14.6 Å². The van der Waals surface area contributed by atoms with Crippen LogP contribution in [0, 0.1) is 0 Å². The average Bonchev–Trinajstić information content (AvgIpc) is 2.98. The highest BCUT2D eigenvalue weighted by atomic mass is 32.2. The maximum Gasteiger partial charge on any atom is 0.296 e. The molecule has 1 aromatic rings. The maximum absolute atomic E-state index is 12.7. The summed E-state index contributed by atoms with van der Waals surface area (Å²) in [6, 6.07) is 3.41. The summed E-state index contributed by atoms with van der Waals surface area (Å²) in [6.45, 7) is 4.23. The monoisotopic (exact) mass is 408 g/mol. The van der Waals surface area contributed by atoms with Gasteiger partial charge in [-0.15, -0.1) is 0 Å². The lowest BCUT2D eigenvalue weighted by Gasteiger charge is -2.28. The predicted molar refractivity (Wildman–Crippen MR) is 104 cm³/mol. The third kappa shape index (κ3) is 3.61. The molecule has 9 nitrogen and oxygen atoms in total. The molecular weight excluding hydrogens is 384 g/mol. The molecule has 1 N–H and O–H groups in total. The summed E-state index contributed by atoms with van der Waals surface area (Å²) in [7, 11) is -1.06. The van der Waals surface area contributed by atoms with Crippen molar-refractivity contribution in [1.82, 2.24) is 10.3 Å². The van der Waals surface area contributed by atoms with Crippen molar-refractivity contribution in [2.75, 3.05) is 20.8 Å². The minimum Gasteiger partial charge on any atom is -0.493 e. The van der Waals surface area contributed by atoms with Gasteiger partial charge >= 0.3 is 0 Å². The zero-order valence-corrected chi connectivity index (χ0v) is 17.1. The molecule has 0 aliphatic carbocycles. The highest BCUT2D eigenvalue weighted by molar-refractivity contribution is 7.86. The van der Waals surface area contributed by atoms with E-state index in [1.165, 1.54) is 18.2 Å². The average molecular weight is 408 g/mol. The van der Waals surface area contributed by atoms with Gasteiger partial charge in [-0.25, -0.2) is 0 Å². The first-order chi connectivity index (χ1) is 13.3. The number of amidine groups is 1. The fraction of sp³-hybridized carbons (Fsp3) is 0.500. The summed E-state index contributed by atoms with van der Waals surface area (Å²) in [5, 5.41) is 8.86. The minimum atomic E-state index is -3.91. The summed E-state index contributed by atoms with van der Waals surface area (Å²) in [6.07, 6.45) is 1.61. The van der Waals surface area contributed by atoms with Gasteiger partial charge in [-0.3, -0.25) is 19.0 Å². The van der Waals surface area contributed by atoms with Gasteiger partial charge in [-0.1, -0.05) is 13.3 Å². The van der Waals surface area contributed by atoms with Crippen LogP contribution in [0.1, 0.15) is 32.3 Å². The van der Waals surface area contributed by atoms with Gasteiger partial charge in [0.1, 0.15) is 17.6 Å². The Bertz CT molecular complexity index is 941. The molecule has 0 saturated heterocycles. The van der Waals surface area contributed by atoms with E-state index in [1.807, 2.05) is 13.8 Å². The van der Waals surface area contributed by atoms with Crippen LogP contribution in [0.25, 0.3) is 0 Å². The topological polar surface area (TPSA) is 110 Å². The summed E-state index contributed by atoms with van der Waals surface area (Å²) < 4.78 is 34.5. The molecule has 0 aromatic heterocycles. The van der Waals surface area contributed by atoms with Crippen LogP contribution in [0.3, 0.4) is 0 Å². The van der Waals surface area contributed by atoms with Gasteiger partial charge in [0.05, 0.1) is 29.9 Å². The Hall–Kier alpha value is -2.46. The number of nitrogens with one attached hydrogen (secondary N) is 1. The number of fused-ring (bicyclic) bond motifs is 1. The SMILES string of the molecule is CCCC1=NN(C)C2C(=O)NC(c3cc(S(=O)(=O)OC)ccc3OCC)=NC12. The number of carbonyl (C=O) groups is 1. The molecule has 28 heavy (non-hydrogen) atoms. The van der Waals surface area contributed by atoms with Crippen molar-refractivity contribution >= 4 is 27.6 Å². The summed E-state index contributed by atoms with van der Waals surface area (Å²) in [5.74, 6) is 0.451. The van der Waals surface area contributed by atoms with Gasteiger partial charge in [0, 0.05) is 7.05 Å². The van der Waals surface area contributed by atoms with Crippen LogP contribution in [0.4, 0.5) is 0 Å². The predicted octanol–water partition coefficient (Wildman–Crippen LogP) is 1.14. The number of carbonyl (C=O) groups excluding carboxylic acids is 1. The molecule has 1 aromatic carbocycles. The van der Waals surface area contributed by atoms with Crippen LogP contribution in [-0.2, 0) is 19.1 Å². The molecule has 0 saturated carbocycles. The summed E-state index contributed by atoms with van der Waals surface area (Å²) >= 11 is 0. The number of amides is 1. The van der Waals surface area contributed by atoms with E-state index in [9.17, 15) is 13.2 Å². The summed E-state index contributed by atoms with van der Waals surface area (Å²) in [5.41, 5.74) is 1.22. The molecule has 0 spiro atoms. The lowest BCUT2D eigenvalue weighted by atomic mass is 9.98. The third-order valence-electron chi connectivity index (χ3n) is 4.63. The van der Waals surface area contributed by atoms with Crippen molar-refractivity contribution in [3.8, 4) is 5.75 Å². The number of ether oxygens (including phenoxy) is 1. The van der Waals surface area contributed by atoms with Crippen molar-refractivity contribution in [3.63, 3.8) is 0 Å². The van der Waals surface area contributed by atoms with Crippen LogP contribution in [-0.4, -0.2) is 63.7 Å². The van der Waals surface area contributed by atoms with Crippen molar-refractivity contribution in [1.29, 1.82) is 0 Å². The Balaban J connectivity index is 2.10. The lowest BCUT2D eigenvalue weighted by Crippen LogP contribution is -2.54. The van der Waals surface area contributed by atoms with E-state index in [0.717, 1.165) is 25.7 Å². The highest BCUT2D eigenvalue weighted by Crippen LogP contribution is 2.28. The van der Waals surface area contributed by atoms with E-state index in [1.54, 1.807) is 12.1 Å². The molecule has 2 aliphatic heterocycles. The normalized spacial score (nSPS) is 21.7. The molecule has 2 unspecified atom stereocenters. The van der Waals surface area contributed by atoms with Crippen molar-refractivity contribution < 1.29 is 22.1 Å². The number of hydrazone groups is 1. The van der Waals surface area contributed by atoms with Crippen LogP contribution < -0.4 is 10.1 Å². The molecule has 2 aliphatic rings. The largest absolute Gasteiger partial charge is 0.493 e. The van der Waals surface area contributed by atoms with Crippen LogP contribution >= 0.6 is 0 Å². The number of nitrogens with zero attached hydrogens (tertiary/aromatic N) is 3. The van der Waals surface area contributed by atoms with Crippen LogP contribution in [0.15, 0.2) is 33.2 Å². The highest BCUT2D eigenvalue weighted by Gasteiger charge is 2.43. The first kappa shape index (κ1) is 20.3. The smallest absolute Gasteiger partial charge is 0.296 e. The summed E-state index contributed by atoms with van der Waals surface area (Å²) in [4.78, 5) is 17.4. The second kappa shape index (κ2) is 7.88. The van der Waals surface area contributed by atoms with Crippen LogP contribution in [0.2, 0.25) is 0 Å². The Morgan fingerprint density at radius 2 is 2.04 bits per heavy atom. The molecule has 152 valence electrons. The fourth-order valence-electron chi connectivity index (χ4n) is 3.35.